The number of aliphatic carboxylic acids is 2. The van der Waals surface area contributed by atoms with Crippen molar-refractivity contribution in [3.05, 3.63) is 35.0 Å². The molecule has 0 saturated carbocycles. The van der Waals surface area contributed by atoms with E-state index in [1.54, 1.807) is 25.1 Å². The number of rotatable bonds is 4. The van der Waals surface area contributed by atoms with Crippen LogP contribution in [0.4, 0.5) is 5.82 Å². The second-order valence-electron chi connectivity index (χ2n) is 3.68. The number of nitrogens with one attached hydrogen (secondary N) is 1. The number of anilines is 1. The van der Waals surface area contributed by atoms with Crippen molar-refractivity contribution in [2.45, 2.75) is 13.0 Å². The van der Waals surface area contributed by atoms with Crippen LogP contribution in [-0.4, -0.2) is 33.2 Å². The molecule has 0 atom stereocenters. The number of hydrogen-bond donors (Lipinski definition) is 3. The number of nitrogens with zero attached hydrogens (tertiary/aromatic N) is 1. The van der Waals surface area contributed by atoms with Gasteiger partial charge in [-0.1, -0.05) is 6.07 Å². The predicted octanol–water partition coefficient (Wildman–Crippen LogP) is 0.650. The van der Waals surface area contributed by atoms with Gasteiger partial charge in [0, 0.05) is 5.69 Å². The first-order chi connectivity index (χ1) is 8.00. The van der Waals surface area contributed by atoms with Crippen molar-refractivity contribution in [3.63, 3.8) is 0 Å². The minimum absolute atomic E-state index is 0.110. The van der Waals surface area contributed by atoms with Crippen LogP contribution in [0.2, 0.25) is 0 Å². The van der Waals surface area contributed by atoms with Crippen molar-refractivity contribution in [1.29, 1.82) is 0 Å². The number of pyridine rings is 1. The highest BCUT2D eigenvalue weighted by molar-refractivity contribution is 6.11. The van der Waals surface area contributed by atoms with E-state index in [-0.39, 0.29) is 11.1 Å². The van der Waals surface area contributed by atoms with Crippen molar-refractivity contribution in [2.75, 3.05) is 5.32 Å². The Kier molecular flexibility index (Phi) is 2.55. The molecule has 3 N–H and O–H groups in total. The summed E-state index contributed by atoms with van der Waals surface area (Å²) in [5.74, 6) is -1.97. The summed E-state index contributed by atoms with van der Waals surface area (Å²) in [6.07, 6.45) is 0. The number of hydrogen-bond acceptors (Lipinski definition) is 4. The zero-order chi connectivity index (χ0) is 12.6. The number of aryl methyl sites for hydroxylation is 1. The first kappa shape index (κ1) is 11.1. The highest BCUT2D eigenvalue weighted by atomic mass is 16.4. The Balaban J connectivity index is 2.13. The first-order valence-corrected chi connectivity index (χ1v) is 4.91. The van der Waals surface area contributed by atoms with Gasteiger partial charge in [-0.25, -0.2) is 14.6 Å². The quantitative estimate of drug-likeness (QED) is 0.707. The van der Waals surface area contributed by atoms with Gasteiger partial charge in [-0.15, -0.1) is 0 Å². The van der Waals surface area contributed by atoms with E-state index in [1.807, 2.05) is 0 Å². The minimum Gasteiger partial charge on any atom is -0.478 e. The molecule has 0 aromatic carbocycles. The molecule has 1 aromatic heterocycles. The second-order valence-corrected chi connectivity index (χ2v) is 3.68. The van der Waals surface area contributed by atoms with Crippen molar-refractivity contribution in [3.8, 4) is 0 Å². The highest BCUT2D eigenvalue weighted by Crippen LogP contribution is 2.34. The van der Waals surface area contributed by atoms with Gasteiger partial charge in [0.2, 0.25) is 0 Å². The molecule has 0 bridgehead atoms. The first-order valence-electron chi connectivity index (χ1n) is 4.91. The fraction of sp³-hybridized carbons (Fsp3) is 0.182. The fourth-order valence-electron chi connectivity index (χ4n) is 1.62. The molecule has 0 fully saturated rings. The molecule has 0 unspecified atom stereocenters. The zero-order valence-corrected chi connectivity index (χ0v) is 8.97. The number of carboxylic acid groups (broad SMARTS) is 2. The van der Waals surface area contributed by atoms with Gasteiger partial charge in [0.1, 0.15) is 5.82 Å². The van der Waals surface area contributed by atoms with Crippen LogP contribution in [0.25, 0.3) is 0 Å². The van der Waals surface area contributed by atoms with Gasteiger partial charge in [-0.3, -0.25) is 0 Å². The van der Waals surface area contributed by atoms with Crippen LogP contribution in [0.15, 0.2) is 29.3 Å². The van der Waals surface area contributed by atoms with Crippen LogP contribution in [0, 0.1) is 6.92 Å². The SMILES string of the molecule is Cc1cccc(NC2C(C(=O)O)=C2C(=O)O)n1. The molecular formula is C11H10N2O4. The molecule has 1 aliphatic carbocycles. The van der Waals surface area contributed by atoms with Gasteiger partial charge in [-0.2, -0.15) is 0 Å². The van der Waals surface area contributed by atoms with Crippen LogP contribution >= 0.6 is 0 Å². The lowest BCUT2D eigenvalue weighted by atomic mass is 10.3. The summed E-state index contributed by atoms with van der Waals surface area (Å²) in [4.78, 5) is 25.6. The molecule has 0 aliphatic heterocycles. The second kappa shape index (κ2) is 3.89. The molecular weight excluding hydrogens is 224 g/mol. The Morgan fingerprint density at radius 2 is 1.82 bits per heavy atom. The summed E-state index contributed by atoms with van der Waals surface area (Å²) in [7, 11) is 0. The van der Waals surface area contributed by atoms with E-state index >= 15 is 0 Å². The lowest BCUT2D eigenvalue weighted by Gasteiger charge is -2.05. The third-order valence-corrected chi connectivity index (χ3v) is 2.43. The standard InChI is InChI=1S/C11H10N2O4/c1-5-3-2-4-6(12-5)13-9-7(10(14)15)8(9)11(16)17/h2-4,9H,1H3,(H,12,13)(H,14,15)(H,16,17). The van der Waals surface area contributed by atoms with Crippen molar-refractivity contribution < 1.29 is 19.8 Å². The molecule has 17 heavy (non-hydrogen) atoms. The lowest BCUT2D eigenvalue weighted by molar-refractivity contribution is -0.134. The summed E-state index contributed by atoms with van der Waals surface area (Å²) in [5.41, 5.74) is 0.547. The van der Waals surface area contributed by atoms with Crippen molar-refractivity contribution >= 4 is 17.8 Å². The zero-order valence-electron chi connectivity index (χ0n) is 8.97. The van der Waals surface area contributed by atoms with Gasteiger partial charge in [0.25, 0.3) is 0 Å². The van der Waals surface area contributed by atoms with Gasteiger partial charge in [0.15, 0.2) is 0 Å². The van der Waals surface area contributed by atoms with Crippen LogP contribution in [-0.2, 0) is 9.59 Å². The maximum absolute atomic E-state index is 10.8. The third kappa shape index (κ3) is 2.10. The molecule has 6 nitrogen and oxygen atoms in total. The van der Waals surface area contributed by atoms with Crippen molar-refractivity contribution in [2.24, 2.45) is 0 Å². The minimum atomic E-state index is -1.22. The molecule has 88 valence electrons. The third-order valence-electron chi connectivity index (χ3n) is 2.43. The Labute approximate surface area is 96.6 Å². The van der Waals surface area contributed by atoms with Crippen LogP contribution in [0.1, 0.15) is 5.69 Å². The van der Waals surface area contributed by atoms with E-state index in [2.05, 4.69) is 10.3 Å². The number of carbonyl (C=O) groups is 2. The van der Waals surface area contributed by atoms with E-state index in [4.69, 9.17) is 10.2 Å². The largest absolute Gasteiger partial charge is 0.478 e. The van der Waals surface area contributed by atoms with E-state index in [1.165, 1.54) is 0 Å². The van der Waals surface area contributed by atoms with Gasteiger partial charge in [0.05, 0.1) is 17.2 Å². The topological polar surface area (TPSA) is 99.5 Å². The smallest absolute Gasteiger partial charge is 0.334 e. The summed E-state index contributed by atoms with van der Waals surface area (Å²) >= 11 is 0. The number of carboxylic acids is 2. The predicted molar refractivity (Wildman–Crippen MR) is 58.7 cm³/mol. The maximum atomic E-state index is 10.8. The molecule has 1 aromatic rings. The van der Waals surface area contributed by atoms with Gasteiger partial charge in [-0.05, 0) is 19.1 Å². The molecule has 0 amide bonds. The summed E-state index contributed by atoms with van der Waals surface area (Å²) < 4.78 is 0. The molecule has 0 radical (unpaired) electrons. The monoisotopic (exact) mass is 234 g/mol. The Hall–Kier alpha value is -2.37. The highest BCUT2D eigenvalue weighted by Gasteiger charge is 2.46. The normalized spacial score (nSPS) is 14.6. The molecule has 2 rings (SSSR count). The van der Waals surface area contributed by atoms with Crippen molar-refractivity contribution in [1.82, 2.24) is 4.98 Å². The Bertz CT molecular complexity index is 512. The van der Waals surface area contributed by atoms with E-state index < -0.39 is 18.0 Å². The van der Waals surface area contributed by atoms with E-state index in [0.717, 1.165) is 5.69 Å². The maximum Gasteiger partial charge on any atom is 0.334 e. The number of aromatic nitrogens is 1. The van der Waals surface area contributed by atoms with E-state index in [0.29, 0.717) is 5.82 Å². The van der Waals surface area contributed by atoms with Crippen LogP contribution < -0.4 is 5.32 Å². The van der Waals surface area contributed by atoms with Crippen LogP contribution in [0.5, 0.6) is 0 Å². The summed E-state index contributed by atoms with van der Waals surface area (Å²) in [6.45, 7) is 1.79. The van der Waals surface area contributed by atoms with Gasteiger partial charge < -0.3 is 15.5 Å². The van der Waals surface area contributed by atoms with Crippen LogP contribution in [0.3, 0.4) is 0 Å². The van der Waals surface area contributed by atoms with E-state index in [9.17, 15) is 9.59 Å². The summed E-state index contributed by atoms with van der Waals surface area (Å²) in [5, 5.41) is 20.4. The molecule has 1 aliphatic rings. The Morgan fingerprint density at radius 1 is 1.24 bits per heavy atom. The average molecular weight is 234 g/mol. The fourth-order valence-corrected chi connectivity index (χ4v) is 1.62. The van der Waals surface area contributed by atoms with Gasteiger partial charge >= 0.3 is 11.9 Å². The molecule has 6 heteroatoms. The molecule has 0 saturated heterocycles. The molecule has 1 heterocycles. The average Bonchev–Trinajstić information content (AvgIpc) is 2.92. The molecule has 0 spiro atoms. The lowest BCUT2D eigenvalue weighted by Crippen LogP contribution is -2.14. The summed E-state index contributed by atoms with van der Waals surface area (Å²) in [6, 6.07) is 4.46. The Morgan fingerprint density at radius 3 is 2.29 bits per heavy atom.